The van der Waals surface area contributed by atoms with E-state index in [2.05, 4.69) is 18.4 Å². The van der Waals surface area contributed by atoms with Gasteiger partial charge >= 0.3 is 13.8 Å². The van der Waals surface area contributed by atoms with Crippen LogP contribution in [0.15, 0.2) is 0 Å². The van der Waals surface area contributed by atoms with Gasteiger partial charge in [-0.1, -0.05) is 181 Å². The molecule has 1 atom stereocenters. The topological polar surface area (TPSA) is 102 Å². The average molecular weight is 649 g/mol. The van der Waals surface area contributed by atoms with Crippen molar-refractivity contribution in [1.29, 1.82) is 0 Å². The van der Waals surface area contributed by atoms with E-state index in [0.29, 0.717) is 13.0 Å². The van der Waals surface area contributed by atoms with Gasteiger partial charge in [0.15, 0.2) is 0 Å². The van der Waals surface area contributed by atoms with Gasteiger partial charge in [0.05, 0.1) is 13.2 Å². The second kappa shape index (κ2) is 33.9. The Balaban J connectivity index is 3.79. The summed E-state index contributed by atoms with van der Waals surface area (Å²) in [6.07, 6.45) is 35.1. The number of esters is 1. The molecule has 0 radical (unpaired) electrons. The summed E-state index contributed by atoms with van der Waals surface area (Å²) >= 11 is 0. The van der Waals surface area contributed by atoms with Gasteiger partial charge in [0.25, 0.3) is 0 Å². The fraction of sp³-hybridized carbons (Fsp3) is 0.972. The Morgan fingerprint density at radius 2 is 0.864 bits per heavy atom. The molecule has 0 rings (SSSR count). The normalized spacial score (nSPS) is 12.5. The van der Waals surface area contributed by atoms with Crippen LogP contribution in [0.1, 0.15) is 200 Å². The summed E-state index contributed by atoms with van der Waals surface area (Å²) in [5.74, 6) is -0.358. The van der Waals surface area contributed by atoms with Crippen LogP contribution in [-0.4, -0.2) is 41.7 Å². The maximum Gasteiger partial charge on any atom is 0.469 e. The number of hydrogen-bond donors (Lipinski definition) is 2. The van der Waals surface area contributed by atoms with E-state index in [4.69, 9.17) is 19.3 Å². The van der Waals surface area contributed by atoms with Crippen LogP contribution in [0.3, 0.4) is 0 Å². The van der Waals surface area contributed by atoms with E-state index < -0.39 is 13.9 Å². The third-order valence-corrected chi connectivity index (χ3v) is 8.89. The third-order valence-electron chi connectivity index (χ3n) is 8.41. The molecule has 0 aromatic heterocycles. The van der Waals surface area contributed by atoms with Crippen LogP contribution in [0.4, 0.5) is 0 Å². The maximum atomic E-state index is 12.3. The molecule has 0 aliphatic heterocycles. The number of rotatable bonds is 36. The minimum atomic E-state index is -4.64. The number of ether oxygens (including phenoxy) is 2. The van der Waals surface area contributed by atoms with Gasteiger partial charge in [0.2, 0.25) is 0 Å². The molecule has 2 N–H and O–H groups in total. The fourth-order valence-corrected chi connectivity index (χ4v) is 5.98. The zero-order valence-electron chi connectivity index (χ0n) is 29.1. The molecule has 0 fully saturated rings. The van der Waals surface area contributed by atoms with Crippen molar-refractivity contribution in [3.8, 4) is 0 Å². The summed E-state index contributed by atoms with van der Waals surface area (Å²) < 4.78 is 26.9. The molecule has 0 unspecified atom stereocenters. The minimum absolute atomic E-state index is 0.0862. The summed E-state index contributed by atoms with van der Waals surface area (Å²) in [4.78, 5) is 30.5. The van der Waals surface area contributed by atoms with Gasteiger partial charge in [0, 0.05) is 13.0 Å². The minimum Gasteiger partial charge on any atom is -0.457 e. The number of phosphoric acid groups is 1. The molecule has 264 valence electrons. The summed E-state index contributed by atoms with van der Waals surface area (Å²) in [5.41, 5.74) is 0. The predicted octanol–water partition coefficient (Wildman–Crippen LogP) is 11.4. The molecule has 0 saturated heterocycles. The first kappa shape index (κ1) is 43.5. The highest BCUT2D eigenvalue weighted by Crippen LogP contribution is 2.36. The van der Waals surface area contributed by atoms with E-state index in [1.165, 1.54) is 148 Å². The first-order chi connectivity index (χ1) is 21.4. The van der Waals surface area contributed by atoms with E-state index in [9.17, 15) is 9.36 Å². The van der Waals surface area contributed by atoms with Crippen molar-refractivity contribution < 1.29 is 33.1 Å². The Morgan fingerprint density at radius 1 is 0.523 bits per heavy atom. The first-order valence-electron chi connectivity index (χ1n) is 18.9. The molecule has 0 aromatic rings. The van der Waals surface area contributed by atoms with Gasteiger partial charge in [-0.2, -0.15) is 0 Å². The number of phosphoric ester groups is 1. The van der Waals surface area contributed by atoms with Crippen LogP contribution < -0.4 is 0 Å². The van der Waals surface area contributed by atoms with Crippen LogP contribution in [0.25, 0.3) is 0 Å². The number of unbranched alkanes of at least 4 members (excludes halogenated alkanes) is 26. The molecule has 0 spiro atoms. The standard InChI is InChI=1S/C36H73O7P/c1-3-5-7-9-11-13-15-17-19-21-23-25-27-29-31-36(37)43-35(34-42-44(38,39)40)33-41-32-30-28-26-24-22-20-18-16-14-12-10-8-6-4-2/h35H,3-34H2,1-2H3,(H2,38,39,40)/t35-/m1/s1. The average Bonchev–Trinajstić information content (AvgIpc) is 2.99. The molecule has 8 heteroatoms. The van der Waals surface area contributed by atoms with Crippen molar-refractivity contribution >= 4 is 13.8 Å². The molecule has 0 aliphatic rings. The van der Waals surface area contributed by atoms with E-state index in [1.54, 1.807) is 0 Å². The smallest absolute Gasteiger partial charge is 0.457 e. The zero-order valence-corrected chi connectivity index (χ0v) is 30.0. The molecule has 0 bridgehead atoms. The van der Waals surface area contributed by atoms with Gasteiger partial charge in [-0.15, -0.1) is 0 Å². The molecule has 44 heavy (non-hydrogen) atoms. The van der Waals surface area contributed by atoms with Gasteiger partial charge in [-0.05, 0) is 12.8 Å². The molecular formula is C36H73O7P. The predicted molar refractivity (Wildman–Crippen MR) is 184 cm³/mol. The Kier molecular flexibility index (Phi) is 33.5. The Hall–Kier alpha value is -0.460. The lowest BCUT2D eigenvalue weighted by atomic mass is 10.0. The lowest BCUT2D eigenvalue weighted by Crippen LogP contribution is -2.28. The lowest BCUT2D eigenvalue weighted by molar-refractivity contribution is -0.154. The van der Waals surface area contributed by atoms with E-state index in [0.717, 1.165) is 32.1 Å². The highest BCUT2D eigenvalue weighted by molar-refractivity contribution is 7.46. The number of carbonyl (C=O) groups is 1. The Labute approximate surface area is 272 Å². The van der Waals surface area contributed by atoms with Crippen molar-refractivity contribution in [1.82, 2.24) is 0 Å². The highest BCUT2D eigenvalue weighted by Gasteiger charge is 2.21. The van der Waals surface area contributed by atoms with Crippen molar-refractivity contribution in [2.75, 3.05) is 19.8 Å². The van der Waals surface area contributed by atoms with E-state index in [-0.39, 0.29) is 19.2 Å². The summed E-state index contributed by atoms with van der Waals surface area (Å²) in [5, 5.41) is 0. The van der Waals surface area contributed by atoms with Gasteiger partial charge < -0.3 is 19.3 Å². The molecular weight excluding hydrogens is 575 g/mol. The summed E-state index contributed by atoms with van der Waals surface area (Å²) in [6.45, 7) is 4.78. The molecule has 0 aliphatic carbocycles. The fourth-order valence-electron chi connectivity index (χ4n) is 5.62. The van der Waals surface area contributed by atoms with Crippen molar-refractivity contribution in [3.05, 3.63) is 0 Å². The summed E-state index contributed by atoms with van der Waals surface area (Å²) in [6, 6.07) is 0. The Bertz CT molecular complexity index is 640. The quantitative estimate of drug-likeness (QED) is 0.0396. The number of carbonyl (C=O) groups excluding carboxylic acids is 1. The van der Waals surface area contributed by atoms with Crippen LogP contribution >= 0.6 is 7.82 Å². The largest absolute Gasteiger partial charge is 0.469 e. The summed E-state index contributed by atoms with van der Waals surface area (Å²) in [7, 11) is -4.64. The van der Waals surface area contributed by atoms with Crippen LogP contribution in [-0.2, 0) is 23.4 Å². The van der Waals surface area contributed by atoms with E-state index in [1.807, 2.05) is 0 Å². The third kappa shape index (κ3) is 36.0. The van der Waals surface area contributed by atoms with Crippen LogP contribution in [0.5, 0.6) is 0 Å². The van der Waals surface area contributed by atoms with Crippen molar-refractivity contribution in [2.45, 2.75) is 206 Å². The molecule has 0 amide bonds. The Morgan fingerprint density at radius 3 is 1.23 bits per heavy atom. The van der Waals surface area contributed by atoms with Gasteiger partial charge in [-0.3, -0.25) is 9.32 Å². The maximum absolute atomic E-state index is 12.3. The highest BCUT2D eigenvalue weighted by atomic mass is 31.2. The molecule has 0 saturated carbocycles. The van der Waals surface area contributed by atoms with E-state index >= 15 is 0 Å². The SMILES string of the molecule is CCCCCCCCCCCCCCCCOC[C@H](COP(=O)(O)O)OC(=O)CCCCCCCCCCCCCCCC. The monoisotopic (exact) mass is 649 g/mol. The molecule has 0 aromatic carbocycles. The zero-order chi connectivity index (χ0) is 32.4. The second-order valence-corrected chi connectivity index (χ2v) is 14.2. The molecule has 0 heterocycles. The second-order valence-electron chi connectivity index (χ2n) is 12.9. The van der Waals surface area contributed by atoms with Crippen LogP contribution in [0, 0.1) is 0 Å². The van der Waals surface area contributed by atoms with Crippen LogP contribution in [0.2, 0.25) is 0 Å². The van der Waals surface area contributed by atoms with Gasteiger partial charge in [-0.25, -0.2) is 4.57 Å². The number of hydrogen-bond acceptors (Lipinski definition) is 5. The lowest BCUT2D eigenvalue weighted by Gasteiger charge is -2.18. The first-order valence-corrected chi connectivity index (χ1v) is 20.4. The molecule has 7 nitrogen and oxygen atoms in total. The van der Waals surface area contributed by atoms with Crippen molar-refractivity contribution in [2.24, 2.45) is 0 Å². The van der Waals surface area contributed by atoms with Crippen molar-refractivity contribution in [3.63, 3.8) is 0 Å². The van der Waals surface area contributed by atoms with Gasteiger partial charge in [0.1, 0.15) is 6.10 Å².